The molecule has 8 heteroatoms. The standard InChI is InChI=1S/C12H11N5O3/c13-12(14)16-15-7-10-5-6-11(20-10)8-1-3-9(4-2-8)17(18)19/h1-7H,(H4,13,14,16)/b15-7-. The first-order valence-corrected chi connectivity index (χ1v) is 5.53. The van der Waals surface area contributed by atoms with Crippen molar-refractivity contribution < 1.29 is 9.34 Å². The summed E-state index contributed by atoms with van der Waals surface area (Å²) in [6.45, 7) is 0. The number of nitrogens with zero attached hydrogens (tertiary/aromatic N) is 3. The molecule has 0 amide bonds. The molecule has 8 nitrogen and oxygen atoms in total. The summed E-state index contributed by atoms with van der Waals surface area (Å²) in [6.07, 6.45) is 1.36. The van der Waals surface area contributed by atoms with Crippen molar-refractivity contribution in [3.05, 3.63) is 52.3 Å². The van der Waals surface area contributed by atoms with Crippen molar-refractivity contribution in [3.8, 4) is 11.3 Å². The molecular formula is C12H11N5O3. The van der Waals surface area contributed by atoms with E-state index in [1.807, 2.05) is 0 Å². The maximum Gasteiger partial charge on any atom is 0.269 e. The van der Waals surface area contributed by atoms with Gasteiger partial charge in [0.1, 0.15) is 11.5 Å². The lowest BCUT2D eigenvalue weighted by molar-refractivity contribution is -0.384. The topological polar surface area (TPSA) is 133 Å². The summed E-state index contributed by atoms with van der Waals surface area (Å²) in [5, 5.41) is 17.6. The Morgan fingerprint density at radius 3 is 2.50 bits per heavy atom. The third-order valence-corrected chi connectivity index (χ3v) is 2.35. The van der Waals surface area contributed by atoms with Crippen LogP contribution in [0.25, 0.3) is 11.3 Å². The largest absolute Gasteiger partial charge is 0.455 e. The molecule has 0 atom stereocenters. The third-order valence-electron chi connectivity index (χ3n) is 2.35. The predicted octanol–water partition coefficient (Wildman–Crippen LogP) is 1.46. The zero-order chi connectivity index (χ0) is 14.5. The maximum atomic E-state index is 10.6. The van der Waals surface area contributed by atoms with Crippen LogP contribution in [0.3, 0.4) is 0 Å². The van der Waals surface area contributed by atoms with E-state index in [9.17, 15) is 10.1 Å². The summed E-state index contributed by atoms with van der Waals surface area (Å²) in [6, 6.07) is 9.43. The highest BCUT2D eigenvalue weighted by Crippen LogP contribution is 2.23. The van der Waals surface area contributed by atoms with Gasteiger partial charge in [-0.15, -0.1) is 5.10 Å². The molecule has 2 rings (SSSR count). The lowest BCUT2D eigenvalue weighted by atomic mass is 10.1. The zero-order valence-electron chi connectivity index (χ0n) is 10.3. The molecule has 0 radical (unpaired) electrons. The Morgan fingerprint density at radius 2 is 1.90 bits per heavy atom. The summed E-state index contributed by atoms with van der Waals surface area (Å²) in [7, 11) is 0. The zero-order valence-corrected chi connectivity index (χ0v) is 10.3. The molecule has 20 heavy (non-hydrogen) atoms. The van der Waals surface area contributed by atoms with E-state index < -0.39 is 4.92 Å². The third kappa shape index (κ3) is 3.19. The van der Waals surface area contributed by atoms with Gasteiger partial charge in [-0.05, 0) is 24.3 Å². The molecule has 2 aromatic rings. The lowest BCUT2D eigenvalue weighted by Gasteiger charge is -1.96. The van der Waals surface area contributed by atoms with Crippen LogP contribution in [0.2, 0.25) is 0 Å². The van der Waals surface area contributed by atoms with Crippen molar-refractivity contribution in [1.82, 2.24) is 0 Å². The fraction of sp³-hybridized carbons (Fsp3) is 0. The molecule has 0 unspecified atom stereocenters. The molecule has 0 aliphatic carbocycles. The van der Waals surface area contributed by atoms with Gasteiger partial charge in [0.25, 0.3) is 5.69 Å². The quantitative estimate of drug-likeness (QED) is 0.376. The monoisotopic (exact) mass is 273 g/mol. The highest BCUT2D eigenvalue weighted by Gasteiger charge is 2.07. The number of hydrogen-bond donors (Lipinski definition) is 2. The van der Waals surface area contributed by atoms with Gasteiger partial charge in [-0.25, -0.2) is 0 Å². The van der Waals surface area contributed by atoms with Crippen LogP contribution in [0.4, 0.5) is 5.69 Å². The molecule has 1 aromatic heterocycles. The molecule has 0 saturated heterocycles. The van der Waals surface area contributed by atoms with E-state index in [-0.39, 0.29) is 11.6 Å². The predicted molar refractivity (Wildman–Crippen MR) is 74.2 cm³/mol. The molecule has 1 heterocycles. The van der Waals surface area contributed by atoms with Crippen LogP contribution in [0.5, 0.6) is 0 Å². The average molecular weight is 273 g/mol. The van der Waals surface area contributed by atoms with Crippen LogP contribution in [-0.4, -0.2) is 17.1 Å². The lowest BCUT2D eigenvalue weighted by Crippen LogP contribution is -2.21. The fourth-order valence-corrected chi connectivity index (χ4v) is 1.48. The first-order chi connectivity index (χ1) is 9.56. The smallest absolute Gasteiger partial charge is 0.269 e. The van der Waals surface area contributed by atoms with Gasteiger partial charge < -0.3 is 15.9 Å². The molecule has 0 aliphatic heterocycles. The molecule has 1 aromatic carbocycles. The number of furan rings is 1. The van der Waals surface area contributed by atoms with Crippen LogP contribution in [0.1, 0.15) is 5.76 Å². The van der Waals surface area contributed by atoms with Crippen LogP contribution in [-0.2, 0) is 0 Å². The first-order valence-electron chi connectivity index (χ1n) is 5.53. The summed E-state index contributed by atoms with van der Waals surface area (Å²) < 4.78 is 5.48. The Labute approximate surface area is 113 Å². The molecule has 0 spiro atoms. The van der Waals surface area contributed by atoms with Gasteiger partial charge in [0, 0.05) is 17.7 Å². The molecule has 102 valence electrons. The van der Waals surface area contributed by atoms with Gasteiger partial charge in [0.2, 0.25) is 5.96 Å². The van der Waals surface area contributed by atoms with E-state index in [0.717, 1.165) is 5.56 Å². The van der Waals surface area contributed by atoms with Gasteiger partial charge in [0.15, 0.2) is 0 Å². The van der Waals surface area contributed by atoms with Crippen LogP contribution in [0, 0.1) is 10.1 Å². The fourth-order valence-electron chi connectivity index (χ4n) is 1.48. The van der Waals surface area contributed by atoms with Crippen molar-refractivity contribution in [2.45, 2.75) is 0 Å². The van der Waals surface area contributed by atoms with E-state index in [2.05, 4.69) is 10.2 Å². The van der Waals surface area contributed by atoms with E-state index in [1.54, 1.807) is 24.3 Å². The molecule has 0 bridgehead atoms. The van der Waals surface area contributed by atoms with Crippen LogP contribution in [0.15, 0.2) is 51.0 Å². The van der Waals surface area contributed by atoms with E-state index in [4.69, 9.17) is 15.9 Å². The second-order valence-electron chi connectivity index (χ2n) is 3.78. The average Bonchev–Trinajstić information content (AvgIpc) is 2.87. The summed E-state index contributed by atoms with van der Waals surface area (Å²) >= 11 is 0. The summed E-state index contributed by atoms with van der Waals surface area (Å²) in [5.74, 6) is 0.873. The minimum atomic E-state index is -0.459. The molecule has 0 fully saturated rings. The summed E-state index contributed by atoms with van der Waals surface area (Å²) in [5.41, 5.74) is 11.0. The Balaban J connectivity index is 2.18. The van der Waals surface area contributed by atoms with Gasteiger partial charge in [-0.2, -0.15) is 5.10 Å². The number of hydrogen-bond acceptors (Lipinski definition) is 5. The van der Waals surface area contributed by atoms with Crippen LogP contribution < -0.4 is 11.5 Å². The van der Waals surface area contributed by atoms with Crippen LogP contribution >= 0.6 is 0 Å². The van der Waals surface area contributed by atoms with Crippen molar-refractivity contribution in [2.24, 2.45) is 21.7 Å². The van der Waals surface area contributed by atoms with Gasteiger partial charge in [-0.1, -0.05) is 0 Å². The Morgan fingerprint density at radius 1 is 1.20 bits per heavy atom. The SMILES string of the molecule is NC(N)=N/N=C\c1ccc(-c2ccc([N+](=O)[O-])cc2)o1. The highest BCUT2D eigenvalue weighted by molar-refractivity contribution is 5.80. The normalized spacial score (nSPS) is 10.6. The number of rotatable bonds is 4. The Kier molecular flexibility index (Phi) is 3.75. The Bertz CT molecular complexity index is 669. The second kappa shape index (κ2) is 5.65. The van der Waals surface area contributed by atoms with E-state index in [1.165, 1.54) is 18.3 Å². The molecule has 0 aliphatic rings. The van der Waals surface area contributed by atoms with E-state index >= 15 is 0 Å². The number of nitro benzene ring substituents is 1. The molecule has 4 N–H and O–H groups in total. The molecule has 0 saturated carbocycles. The first kappa shape index (κ1) is 13.3. The minimum Gasteiger partial charge on any atom is -0.455 e. The number of guanidine groups is 1. The molecular weight excluding hydrogens is 262 g/mol. The van der Waals surface area contributed by atoms with Crippen molar-refractivity contribution >= 4 is 17.9 Å². The maximum absolute atomic E-state index is 10.6. The Hall–Kier alpha value is -3.16. The number of non-ortho nitro benzene ring substituents is 1. The highest BCUT2D eigenvalue weighted by atomic mass is 16.6. The van der Waals surface area contributed by atoms with E-state index in [0.29, 0.717) is 11.5 Å². The number of nitrogens with two attached hydrogens (primary N) is 2. The minimum absolute atomic E-state index is 0.0230. The summed E-state index contributed by atoms with van der Waals surface area (Å²) in [4.78, 5) is 10.1. The number of benzene rings is 1. The van der Waals surface area contributed by atoms with Gasteiger partial charge >= 0.3 is 0 Å². The van der Waals surface area contributed by atoms with Crippen molar-refractivity contribution in [2.75, 3.05) is 0 Å². The van der Waals surface area contributed by atoms with Gasteiger partial charge in [-0.3, -0.25) is 10.1 Å². The van der Waals surface area contributed by atoms with Gasteiger partial charge in [0.05, 0.1) is 11.1 Å². The number of nitro groups is 1. The van der Waals surface area contributed by atoms with Crippen molar-refractivity contribution in [1.29, 1.82) is 0 Å². The van der Waals surface area contributed by atoms with Crippen molar-refractivity contribution in [3.63, 3.8) is 0 Å². The second-order valence-corrected chi connectivity index (χ2v) is 3.78.